The van der Waals surface area contributed by atoms with E-state index in [0.29, 0.717) is 40.6 Å². The van der Waals surface area contributed by atoms with E-state index in [1.54, 1.807) is 27.7 Å². The van der Waals surface area contributed by atoms with Crippen LogP contribution < -0.4 is 5.56 Å². The molecule has 1 saturated heterocycles. The van der Waals surface area contributed by atoms with Gasteiger partial charge >= 0.3 is 0 Å². The maximum atomic E-state index is 13.0. The molecule has 0 saturated carbocycles. The SMILES string of the molecule is CCN(C(=O)CSc1nc2ccc(Cl)cc2c(=O)n1CC(C)C)C1CCS(=O)(=O)C1. The van der Waals surface area contributed by atoms with E-state index in [9.17, 15) is 18.0 Å². The molecule has 1 aromatic heterocycles. The fourth-order valence-corrected chi connectivity index (χ4v) is 6.48. The molecule has 2 heterocycles. The lowest BCUT2D eigenvalue weighted by molar-refractivity contribution is -0.129. The number of amides is 1. The van der Waals surface area contributed by atoms with Crippen molar-refractivity contribution in [3.63, 3.8) is 0 Å². The van der Waals surface area contributed by atoms with Gasteiger partial charge in [0.2, 0.25) is 5.91 Å². The van der Waals surface area contributed by atoms with Crippen molar-refractivity contribution in [2.75, 3.05) is 23.8 Å². The summed E-state index contributed by atoms with van der Waals surface area (Å²) in [5, 5.41) is 1.40. The number of hydrogen-bond acceptors (Lipinski definition) is 6. The van der Waals surface area contributed by atoms with Gasteiger partial charge < -0.3 is 4.90 Å². The van der Waals surface area contributed by atoms with Crippen LogP contribution >= 0.6 is 23.4 Å². The highest BCUT2D eigenvalue weighted by Crippen LogP contribution is 2.23. The minimum absolute atomic E-state index is 0.0181. The number of fused-ring (bicyclic) bond motifs is 1. The van der Waals surface area contributed by atoms with E-state index in [1.807, 2.05) is 20.8 Å². The zero-order chi connectivity index (χ0) is 22.1. The van der Waals surface area contributed by atoms with Crippen molar-refractivity contribution in [3.8, 4) is 0 Å². The number of thioether (sulfide) groups is 1. The van der Waals surface area contributed by atoms with Gasteiger partial charge in [0.15, 0.2) is 15.0 Å². The normalized spacial score (nSPS) is 18.2. The summed E-state index contributed by atoms with van der Waals surface area (Å²) in [6.45, 7) is 6.78. The van der Waals surface area contributed by atoms with Crippen molar-refractivity contribution in [1.29, 1.82) is 0 Å². The summed E-state index contributed by atoms with van der Waals surface area (Å²) in [6, 6.07) is 4.72. The predicted molar refractivity (Wildman–Crippen MR) is 121 cm³/mol. The molecule has 0 aliphatic carbocycles. The molecule has 164 valence electrons. The van der Waals surface area contributed by atoms with Gasteiger partial charge in [0.25, 0.3) is 5.56 Å². The Morgan fingerprint density at radius 1 is 1.40 bits per heavy atom. The predicted octanol–water partition coefficient (Wildman–Crippen LogP) is 2.83. The third-order valence-electron chi connectivity index (χ3n) is 5.06. The number of nitrogens with zero attached hydrogens (tertiary/aromatic N) is 3. The molecule has 2 aromatic rings. The Bertz CT molecular complexity index is 1110. The summed E-state index contributed by atoms with van der Waals surface area (Å²) < 4.78 is 25.2. The Morgan fingerprint density at radius 2 is 2.13 bits per heavy atom. The van der Waals surface area contributed by atoms with E-state index in [0.717, 1.165) is 0 Å². The molecule has 7 nitrogen and oxygen atoms in total. The van der Waals surface area contributed by atoms with Crippen LogP contribution in [0.1, 0.15) is 27.2 Å². The molecule has 1 atom stereocenters. The number of sulfone groups is 1. The average Bonchev–Trinajstić information content (AvgIpc) is 3.03. The van der Waals surface area contributed by atoms with Crippen molar-refractivity contribution >= 4 is 50.0 Å². The molecule has 1 unspecified atom stereocenters. The van der Waals surface area contributed by atoms with Crippen LogP contribution in [0.4, 0.5) is 0 Å². The fourth-order valence-electron chi connectivity index (χ4n) is 3.68. The first-order valence-corrected chi connectivity index (χ1v) is 13.1. The largest absolute Gasteiger partial charge is 0.338 e. The highest BCUT2D eigenvalue weighted by Gasteiger charge is 2.33. The topological polar surface area (TPSA) is 89.3 Å². The van der Waals surface area contributed by atoms with Crippen LogP contribution in [0.25, 0.3) is 10.9 Å². The van der Waals surface area contributed by atoms with Crippen LogP contribution in [0, 0.1) is 5.92 Å². The number of benzene rings is 1. The number of halogens is 1. The van der Waals surface area contributed by atoms with Crippen LogP contribution in [0.3, 0.4) is 0 Å². The number of carbonyl (C=O) groups is 1. The third kappa shape index (κ3) is 5.18. The van der Waals surface area contributed by atoms with E-state index in [4.69, 9.17) is 11.6 Å². The van der Waals surface area contributed by atoms with Gasteiger partial charge in [-0.3, -0.25) is 14.2 Å². The molecule has 1 aromatic carbocycles. The minimum Gasteiger partial charge on any atom is -0.338 e. The second-order valence-corrected chi connectivity index (χ2v) is 11.5. The van der Waals surface area contributed by atoms with Crippen LogP contribution in [0.5, 0.6) is 0 Å². The Balaban J connectivity index is 1.86. The van der Waals surface area contributed by atoms with E-state index in [-0.39, 0.29) is 40.7 Å². The van der Waals surface area contributed by atoms with Crippen molar-refractivity contribution in [1.82, 2.24) is 14.5 Å². The Kier molecular flexibility index (Phi) is 7.14. The third-order valence-corrected chi connectivity index (χ3v) is 8.01. The Hall–Kier alpha value is -1.58. The summed E-state index contributed by atoms with van der Waals surface area (Å²) in [6.07, 6.45) is 0.472. The first-order valence-electron chi connectivity index (χ1n) is 9.94. The van der Waals surface area contributed by atoms with Crippen molar-refractivity contribution in [2.45, 2.75) is 44.9 Å². The molecule has 3 rings (SSSR count). The number of aromatic nitrogens is 2. The summed E-state index contributed by atoms with van der Waals surface area (Å²) in [5.74, 6) is 0.300. The van der Waals surface area contributed by atoms with Gasteiger partial charge in [-0.1, -0.05) is 37.2 Å². The number of carbonyl (C=O) groups excluding carboxylic acids is 1. The van der Waals surface area contributed by atoms with Crippen LogP contribution in [0.2, 0.25) is 5.02 Å². The van der Waals surface area contributed by atoms with Crippen molar-refractivity contribution in [3.05, 3.63) is 33.6 Å². The monoisotopic (exact) mass is 471 g/mol. The maximum Gasteiger partial charge on any atom is 0.262 e. The van der Waals surface area contributed by atoms with E-state index < -0.39 is 9.84 Å². The summed E-state index contributed by atoms with van der Waals surface area (Å²) in [7, 11) is -3.07. The summed E-state index contributed by atoms with van der Waals surface area (Å²) in [4.78, 5) is 32.1. The lowest BCUT2D eigenvalue weighted by Gasteiger charge is -2.26. The van der Waals surface area contributed by atoms with Crippen molar-refractivity contribution < 1.29 is 13.2 Å². The molecule has 1 amide bonds. The Morgan fingerprint density at radius 3 is 2.73 bits per heavy atom. The van der Waals surface area contributed by atoms with Gasteiger partial charge in [0.1, 0.15) is 0 Å². The first-order chi connectivity index (χ1) is 14.1. The van der Waals surface area contributed by atoms with E-state index in [2.05, 4.69) is 4.98 Å². The zero-order valence-corrected chi connectivity index (χ0v) is 19.7. The smallest absolute Gasteiger partial charge is 0.262 e. The van der Waals surface area contributed by atoms with Crippen LogP contribution in [-0.4, -0.2) is 58.6 Å². The maximum absolute atomic E-state index is 13.0. The molecule has 0 N–H and O–H groups in total. The molecule has 0 radical (unpaired) electrons. The van der Waals surface area contributed by atoms with Gasteiger partial charge in [-0.2, -0.15) is 0 Å². The fraction of sp³-hybridized carbons (Fsp3) is 0.550. The van der Waals surface area contributed by atoms with E-state index in [1.165, 1.54) is 11.8 Å². The molecule has 1 aliphatic rings. The van der Waals surface area contributed by atoms with Gasteiger partial charge in [0, 0.05) is 24.2 Å². The summed E-state index contributed by atoms with van der Waals surface area (Å²) >= 11 is 7.26. The molecular weight excluding hydrogens is 446 g/mol. The molecule has 1 aliphatic heterocycles. The highest BCUT2D eigenvalue weighted by molar-refractivity contribution is 7.99. The van der Waals surface area contributed by atoms with Gasteiger partial charge in [-0.05, 0) is 37.5 Å². The molecule has 0 spiro atoms. The minimum atomic E-state index is -3.07. The number of hydrogen-bond donors (Lipinski definition) is 0. The van der Waals surface area contributed by atoms with Crippen molar-refractivity contribution in [2.24, 2.45) is 5.92 Å². The molecule has 10 heteroatoms. The van der Waals surface area contributed by atoms with E-state index >= 15 is 0 Å². The van der Waals surface area contributed by atoms with Crippen LogP contribution in [0.15, 0.2) is 28.2 Å². The number of rotatable bonds is 7. The van der Waals surface area contributed by atoms with Gasteiger partial charge in [-0.15, -0.1) is 0 Å². The lowest BCUT2D eigenvalue weighted by Crippen LogP contribution is -2.42. The zero-order valence-electron chi connectivity index (χ0n) is 17.3. The second kappa shape index (κ2) is 9.28. The lowest BCUT2D eigenvalue weighted by atomic mass is 10.2. The van der Waals surface area contributed by atoms with Gasteiger partial charge in [0.05, 0.1) is 28.2 Å². The molecule has 30 heavy (non-hydrogen) atoms. The summed E-state index contributed by atoms with van der Waals surface area (Å²) in [5.41, 5.74) is 0.356. The molecule has 0 bridgehead atoms. The molecule has 1 fully saturated rings. The standard InChI is InChI=1S/C20H26ClN3O4S2/c1-4-23(15-7-8-30(27,28)12-15)18(25)11-29-20-22-17-6-5-14(21)9-16(17)19(26)24(20)10-13(2)3/h5-6,9,13,15H,4,7-8,10-12H2,1-3H3. The molecular formula is C20H26ClN3O4S2. The Labute approximate surface area is 185 Å². The highest BCUT2D eigenvalue weighted by atomic mass is 35.5. The quantitative estimate of drug-likeness (QED) is 0.455. The van der Waals surface area contributed by atoms with Crippen LogP contribution in [-0.2, 0) is 21.2 Å². The average molecular weight is 472 g/mol. The second-order valence-electron chi connectivity index (χ2n) is 7.89. The van der Waals surface area contributed by atoms with Gasteiger partial charge in [-0.25, -0.2) is 13.4 Å². The first kappa shape index (κ1) is 23.1.